The van der Waals surface area contributed by atoms with Crippen molar-refractivity contribution in [2.24, 2.45) is 0 Å². The van der Waals surface area contributed by atoms with E-state index < -0.39 is 5.69 Å². The molecule has 0 fully saturated rings. The van der Waals surface area contributed by atoms with Crippen LogP contribution in [-0.4, -0.2) is 31.2 Å². The third-order valence-corrected chi connectivity index (χ3v) is 5.59. The summed E-state index contributed by atoms with van der Waals surface area (Å²) >= 11 is 0. The zero-order chi connectivity index (χ0) is 21.8. The third kappa shape index (κ3) is 3.91. The number of hydrogen-bond acceptors (Lipinski definition) is 5. The van der Waals surface area contributed by atoms with E-state index in [1.807, 2.05) is 13.8 Å². The van der Waals surface area contributed by atoms with E-state index >= 15 is 0 Å². The molecule has 0 bridgehead atoms. The van der Waals surface area contributed by atoms with Gasteiger partial charge in [-0.1, -0.05) is 33.6 Å². The Morgan fingerprint density at radius 3 is 2.47 bits per heavy atom. The Morgan fingerprint density at radius 2 is 1.87 bits per heavy atom. The Hall–Kier alpha value is -2.90. The fourth-order valence-electron chi connectivity index (χ4n) is 4.16. The molecule has 8 heteroatoms. The number of pyridine rings is 1. The summed E-state index contributed by atoms with van der Waals surface area (Å²) in [6.45, 7) is 8.41. The fourth-order valence-corrected chi connectivity index (χ4v) is 4.16. The number of rotatable bonds is 9. The Bertz CT molecular complexity index is 1140. The molecular weight excluding hydrogens is 382 g/mol. The maximum atomic E-state index is 12.9. The van der Waals surface area contributed by atoms with Gasteiger partial charge in [-0.3, -0.25) is 19.3 Å². The lowest BCUT2D eigenvalue weighted by Gasteiger charge is -2.20. The Morgan fingerprint density at radius 1 is 1.17 bits per heavy atom. The Labute approximate surface area is 175 Å². The molecule has 0 unspecified atom stereocenters. The average molecular weight is 414 g/mol. The van der Waals surface area contributed by atoms with Crippen LogP contribution in [0.1, 0.15) is 69.6 Å². The summed E-state index contributed by atoms with van der Waals surface area (Å²) < 4.78 is 9.06. The summed E-state index contributed by atoms with van der Waals surface area (Å²) in [4.78, 5) is 37.3. The number of ether oxygens (including phenoxy) is 1. The first-order valence-corrected chi connectivity index (χ1v) is 10.7. The van der Waals surface area contributed by atoms with Gasteiger partial charge in [0.2, 0.25) is 0 Å². The van der Waals surface area contributed by atoms with E-state index in [0.717, 1.165) is 42.8 Å². The molecule has 0 saturated carbocycles. The van der Waals surface area contributed by atoms with Gasteiger partial charge < -0.3 is 9.30 Å². The molecule has 0 aliphatic rings. The third-order valence-electron chi connectivity index (χ3n) is 5.59. The van der Waals surface area contributed by atoms with Crippen molar-refractivity contribution < 1.29 is 4.74 Å². The van der Waals surface area contributed by atoms with Crippen LogP contribution in [0, 0.1) is 6.92 Å². The molecule has 1 N–H and O–H groups in total. The average Bonchev–Trinajstić information content (AvgIpc) is 3.11. The number of fused-ring (bicyclic) bond motifs is 1. The molecule has 3 aromatic heterocycles. The second-order valence-corrected chi connectivity index (χ2v) is 7.58. The first-order valence-electron chi connectivity index (χ1n) is 10.7. The van der Waals surface area contributed by atoms with E-state index in [1.54, 1.807) is 19.4 Å². The van der Waals surface area contributed by atoms with Crippen molar-refractivity contribution in [3.05, 3.63) is 50.2 Å². The topological polar surface area (TPSA) is 94.8 Å². The van der Waals surface area contributed by atoms with Gasteiger partial charge in [0.15, 0.2) is 11.2 Å². The monoisotopic (exact) mass is 413 g/mol. The highest BCUT2D eigenvalue weighted by atomic mass is 16.5. The summed E-state index contributed by atoms with van der Waals surface area (Å²) in [5.74, 6) is 1.48. The first-order chi connectivity index (χ1) is 14.5. The van der Waals surface area contributed by atoms with Gasteiger partial charge >= 0.3 is 5.69 Å². The number of nitrogens with zero attached hydrogens (tertiary/aromatic N) is 4. The molecule has 0 aromatic carbocycles. The van der Waals surface area contributed by atoms with Gasteiger partial charge in [-0.15, -0.1) is 0 Å². The van der Waals surface area contributed by atoms with Gasteiger partial charge in [-0.25, -0.2) is 9.78 Å². The largest absolute Gasteiger partial charge is 0.496 e. The van der Waals surface area contributed by atoms with Crippen LogP contribution in [0.15, 0.2) is 21.9 Å². The zero-order valence-corrected chi connectivity index (χ0v) is 18.5. The number of imidazole rings is 1. The van der Waals surface area contributed by atoms with Gasteiger partial charge in [0.1, 0.15) is 11.6 Å². The van der Waals surface area contributed by atoms with Crippen molar-refractivity contribution >= 4 is 11.2 Å². The number of hydrogen-bond donors (Lipinski definition) is 1. The van der Waals surface area contributed by atoms with Crippen LogP contribution < -0.4 is 16.0 Å². The predicted octanol–water partition coefficient (Wildman–Crippen LogP) is 3.35. The quantitative estimate of drug-likeness (QED) is 0.580. The summed E-state index contributed by atoms with van der Waals surface area (Å²) in [6.07, 6.45) is 6.30. The molecule has 0 aliphatic heterocycles. The molecule has 0 saturated heterocycles. The predicted molar refractivity (Wildman–Crippen MR) is 117 cm³/mol. The molecule has 3 aromatic rings. The van der Waals surface area contributed by atoms with Gasteiger partial charge in [0.05, 0.1) is 13.7 Å². The number of H-pyrrole nitrogens is 1. The second kappa shape index (κ2) is 9.28. The van der Waals surface area contributed by atoms with Crippen molar-refractivity contribution in [1.82, 2.24) is 24.1 Å². The molecule has 0 amide bonds. The van der Waals surface area contributed by atoms with E-state index in [9.17, 15) is 9.59 Å². The van der Waals surface area contributed by atoms with Crippen molar-refractivity contribution in [2.45, 2.75) is 72.4 Å². The van der Waals surface area contributed by atoms with Crippen molar-refractivity contribution in [1.29, 1.82) is 0 Å². The first kappa shape index (κ1) is 21.8. The molecule has 3 heterocycles. The maximum absolute atomic E-state index is 12.9. The molecule has 3 rings (SSSR count). The highest BCUT2D eigenvalue weighted by molar-refractivity contribution is 5.71. The van der Waals surface area contributed by atoms with E-state index in [0.29, 0.717) is 23.3 Å². The number of aromatic amines is 1. The van der Waals surface area contributed by atoms with Crippen molar-refractivity contribution in [2.75, 3.05) is 7.11 Å². The van der Waals surface area contributed by atoms with Crippen LogP contribution in [0.3, 0.4) is 0 Å². The smallest absolute Gasteiger partial charge is 0.330 e. The number of aromatic nitrogens is 5. The standard InChI is InChI=1S/C22H31N5O3/c1-6-9-15(10-7-2)27-18(8-3)24-20-19(27)21(28)25-22(29)26(20)13-16-14(4)23-12-11-17(16)30-5/h11-12,15H,6-10,13H2,1-5H3,(H,25,28,29). The summed E-state index contributed by atoms with van der Waals surface area (Å²) in [6, 6.07) is 1.95. The Kier molecular flexibility index (Phi) is 6.74. The minimum Gasteiger partial charge on any atom is -0.496 e. The van der Waals surface area contributed by atoms with Crippen LogP contribution >= 0.6 is 0 Å². The van der Waals surface area contributed by atoms with Gasteiger partial charge in [0, 0.05) is 29.9 Å². The van der Waals surface area contributed by atoms with Crippen LogP contribution in [0.5, 0.6) is 5.75 Å². The minimum atomic E-state index is -0.479. The number of nitrogens with one attached hydrogen (secondary N) is 1. The molecule has 0 aliphatic carbocycles. The summed E-state index contributed by atoms with van der Waals surface area (Å²) in [7, 11) is 1.59. The normalized spacial score (nSPS) is 11.5. The molecule has 0 atom stereocenters. The van der Waals surface area contributed by atoms with Gasteiger partial charge in [0.25, 0.3) is 5.56 Å². The lowest BCUT2D eigenvalue weighted by molar-refractivity contribution is 0.406. The molecule has 30 heavy (non-hydrogen) atoms. The SMILES string of the molecule is CCCC(CCC)n1c(CC)nc2c1c(=O)[nH]c(=O)n2Cc1c(OC)ccnc1C. The second-order valence-electron chi connectivity index (χ2n) is 7.58. The molecular formula is C22H31N5O3. The summed E-state index contributed by atoms with van der Waals surface area (Å²) in [5.41, 5.74) is 1.59. The molecule has 0 spiro atoms. The minimum absolute atomic E-state index is 0.182. The molecule has 8 nitrogen and oxygen atoms in total. The lowest BCUT2D eigenvalue weighted by Crippen LogP contribution is -2.32. The molecule has 0 radical (unpaired) electrons. The van der Waals surface area contributed by atoms with E-state index in [1.165, 1.54) is 4.57 Å². The summed E-state index contributed by atoms with van der Waals surface area (Å²) in [5, 5.41) is 0. The van der Waals surface area contributed by atoms with Crippen molar-refractivity contribution in [3.8, 4) is 5.75 Å². The zero-order valence-electron chi connectivity index (χ0n) is 18.5. The van der Waals surface area contributed by atoms with E-state index in [4.69, 9.17) is 9.72 Å². The van der Waals surface area contributed by atoms with Crippen LogP contribution in [0.2, 0.25) is 0 Å². The van der Waals surface area contributed by atoms with Crippen LogP contribution in [0.25, 0.3) is 11.2 Å². The highest BCUT2D eigenvalue weighted by Gasteiger charge is 2.23. The van der Waals surface area contributed by atoms with Gasteiger partial charge in [-0.05, 0) is 25.8 Å². The van der Waals surface area contributed by atoms with Crippen molar-refractivity contribution in [3.63, 3.8) is 0 Å². The van der Waals surface area contributed by atoms with Crippen LogP contribution in [0.4, 0.5) is 0 Å². The fraction of sp³-hybridized carbons (Fsp3) is 0.545. The maximum Gasteiger partial charge on any atom is 0.330 e. The van der Waals surface area contributed by atoms with E-state index in [2.05, 4.69) is 28.4 Å². The number of aryl methyl sites for hydroxylation is 2. The van der Waals surface area contributed by atoms with Gasteiger partial charge in [-0.2, -0.15) is 0 Å². The van der Waals surface area contributed by atoms with E-state index in [-0.39, 0.29) is 18.1 Å². The lowest BCUT2D eigenvalue weighted by atomic mass is 10.1. The van der Waals surface area contributed by atoms with Crippen LogP contribution in [-0.2, 0) is 13.0 Å². The number of methoxy groups -OCH3 is 1. The molecule has 162 valence electrons. The Balaban J connectivity index is 2.28. The highest BCUT2D eigenvalue weighted by Crippen LogP contribution is 2.27.